The molecule has 8 heteroatoms. The zero-order valence-electron chi connectivity index (χ0n) is 21.3. The number of amides is 2. The number of benzene rings is 3. The molecule has 8 nitrogen and oxygen atoms in total. The van der Waals surface area contributed by atoms with Crippen molar-refractivity contribution in [2.75, 3.05) is 6.54 Å². The van der Waals surface area contributed by atoms with Gasteiger partial charge in [0.25, 0.3) is 0 Å². The molecule has 0 bridgehead atoms. The molecular formula is C30H34N2O6. The number of aliphatic carboxylic acids is 1. The molecule has 0 heterocycles. The summed E-state index contributed by atoms with van der Waals surface area (Å²) in [6.07, 6.45) is 1.87. The minimum absolute atomic E-state index is 0.151. The number of carbonyl (C=O) groups excluding carboxylic acids is 2. The average Bonchev–Trinajstić information content (AvgIpc) is 2.93. The van der Waals surface area contributed by atoms with E-state index in [1.54, 1.807) is 6.07 Å². The number of nitrogens with one attached hydrogen (secondary N) is 2. The van der Waals surface area contributed by atoms with Crippen molar-refractivity contribution in [1.82, 2.24) is 10.6 Å². The smallest absolute Gasteiger partial charge is 0.407 e. The molecule has 1 atom stereocenters. The van der Waals surface area contributed by atoms with Crippen LogP contribution >= 0.6 is 0 Å². The van der Waals surface area contributed by atoms with Gasteiger partial charge >= 0.3 is 12.1 Å². The molecule has 0 aliphatic carbocycles. The van der Waals surface area contributed by atoms with Crippen molar-refractivity contribution < 1.29 is 29.0 Å². The van der Waals surface area contributed by atoms with Gasteiger partial charge in [-0.2, -0.15) is 0 Å². The highest BCUT2D eigenvalue weighted by Crippen LogP contribution is 2.17. The Labute approximate surface area is 223 Å². The normalized spacial score (nSPS) is 11.3. The van der Waals surface area contributed by atoms with Crippen LogP contribution in [0.1, 0.15) is 42.4 Å². The van der Waals surface area contributed by atoms with Crippen LogP contribution in [0.15, 0.2) is 84.9 Å². The molecule has 3 aromatic rings. The second kappa shape index (κ2) is 15.7. The molecule has 3 rings (SSSR count). The van der Waals surface area contributed by atoms with Gasteiger partial charge in [0, 0.05) is 19.4 Å². The van der Waals surface area contributed by atoms with Gasteiger partial charge in [0.05, 0.1) is 0 Å². The molecule has 0 fully saturated rings. The highest BCUT2D eigenvalue weighted by Gasteiger charge is 2.20. The molecule has 200 valence electrons. The van der Waals surface area contributed by atoms with E-state index in [9.17, 15) is 19.5 Å². The molecule has 0 spiro atoms. The SMILES string of the molecule is O=C(CCCCCNC(=O)OCc1ccccc1)N[C@@H](Cc1cccc(OCc2ccccc2)c1)C(=O)O. The Kier molecular flexibility index (Phi) is 11.7. The molecule has 3 N–H and O–H groups in total. The van der Waals surface area contributed by atoms with Crippen molar-refractivity contribution in [1.29, 1.82) is 0 Å². The lowest BCUT2D eigenvalue weighted by Crippen LogP contribution is -2.42. The fourth-order valence-corrected chi connectivity index (χ4v) is 3.76. The average molecular weight is 519 g/mol. The second-order valence-electron chi connectivity index (χ2n) is 8.88. The van der Waals surface area contributed by atoms with Gasteiger partial charge in [0.1, 0.15) is 25.0 Å². The number of carbonyl (C=O) groups is 3. The van der Waals surface area contributed by atoms with E-state index < -0.39 is 18.1 Å². The summed E-state index contributed by atoms with van der Waals surface area (Å²) in [7, 11) is 0. The number of carboxylic acids is 1. The number of carboxylic acid groups (broad SMARTS) is 1. The summed E-state index contributed by atoms with van der Waals surface area (Å²) in [6, 6.07) is 25.4. The van der Waals surface area contributed by atoms with Crippen LogP contribution in [0.5, 0.6) is 5.75 Å². The Morgan fingerprint density at radius 2 is 1.42 bits per heavy atom. The minimum atomic E-state index is -1.09. The van der Waals surface area contributed by atoms with Crippen molar-refractivity contribution >= 4 is 18.0 Å². The maximum atomic E-state index is 12.3. The van der Waals surface area contributed by atoms with E-state index in [0.717, 1.165) is 16.7 Å². The van der Waals surface area contributed by atoms with Crippen LogP contribution < -0.4 is 15.4 Å². The zero-order valence-corrected chi connectivity index (χ0v) is 21.3. The van der Waals surface area contributed by atoms with Crippen molar-refractivity contribution in [3.8, 4) is 5.75 Å². The van der Waals surface area contributed by atoms with Gasteiger partial charge in [0.2, 0.25) is 5.91 Å². The van der Waals surface area contributed by atoms with E-state index in [4.69, 9.17) is 9.47 Å². The summed E-state index contributed by atoms with van der Waals surface area (Å²) < 4.78 is 11.0. The van der Waals surface area contributed by atoms with E-state index in [1.807, 2.05) is 78.9 Å². The van der Waals surface area contributed by atoms with Gasteiger partial charge in [-0.15, -0.1) is 0 Å². The number of hydrogen-bond donors (Lipinski definition) is 3. The number of rotatable bonds is 15. The number of alkyl carbamates (subject to hydrolysis) is 1. The third-order valence-corrected chi connectivity index (χ3v) is 5.78. The van der Waals surface area contributed by atoms with E-state index in [0.29, 0.717) is 38.2 Å². The van der Waals surface area contributed by atoms with Crippen molar-refractivity contribution in [2.45, 2.75) is 51.4 Å². The van der Waals surface area contributed by atoms with Gasteiger partial charge in [-0.3, -0.25) is 4.79 Å². The lowest BCUT2D eigenvalue weighted by atomic mass is 10.1. The standard InChI is InChI=1S/C30H34N2O6/c33-28(17-8-3-9-18-31-30(36)38-22-24-13-6-2-7-14-24)32-27(29(34)35)20-25-15-10-16-26(19-25)37-21-23-11-4-1-5-12-23/h1-2,4-7,10-16,19,27H,3,8-9,17-18,20-22H2,(H,31,36)(H,32,33)(H,34,35)/t27-/m0/s1. The molecular weight excluding hydrogens is 484 g/mol. The Bertz CT molecular complexity index is 1150. The van der Waals surface area contributed by atoms with Gasteiger partial charge in [-0.25, -0.2) is 9.59 Å². The monoisotopic (exact) mass is 518 g/mol. The highest BCUT2D eigenvalue weighted by atomic mass is 16.5. The number of hydrogen-bond acceptors (Lipinski definition) is 5. The topological polar surface area (TPSA) is 114 Å². The molecule has 0 aromatic heterocycles. The van der Waals surface area contributed by atoms with Crippen molar-refractivity contribution in [3.63, 3.8) is 0 Å². The molecule has 0 saturated heterocycles. The summed E-state index contributed by atoms with van der Waals surface area (Å²) >= 11 is 0. The van der Waals surface area contributed by atoms with E-state index in [2.05, 4.69) is 10.6 Å². The first-order valence-electron chi connectivity index (χ1n) is 12.7. The maximum Gasteiger partial charge on any atom is 0.407 e. The van der Waals surface area contributed by atoms with Crippen LogP contribution in [0.25, 0.3) is 0 Å². The Hall–Kier alpha value is -4.33. The van der Waals surface area contributed by atoms with E-state index in [1.165, 1.54) is 0 Å². The van der Waals surface area contributed by atoms with Gasteiger partial charge in [-0.1, -0.05) is 79.2 Å². The van der Waals surface area contributed by atoms with Crippen LogP contribution in [-0.4, -0.2) is 35.7 Å². The van der Waals surface area contributed by atoms with Crippen LogP contribution in [-0.2, 0) is 34.0 Å². The van der Waals surface area contributed by atoms with Crippen LogP contribution in [0, 0.1) is 0 Å². The highest BCUT2D eigenvalue weighted by molar-refractivity contribution is 5.83. The van der Waals surface area contributed by atoms with Crippen LogP contribution in [0.2, 0.25) is 0 Å². The molecule has 0 aliphatic heterocycles. The van der Waals surface area contributed by atoms with Crippen molar-refractivity contribution in [2.24, 2.45) is 0 Å². The Morgan fingerprint density at radius 1 is 0.763 bits per heavy atom. The first-order chi connectivity index (χ1) is 18.5. The van der Waals surface area contributed by atoms with Gasteiger partial charge in [0.15, 0.2) is 0 Å². The molecule has 0 unspecified atom stereocenters. The van der Waals surface area contributed by atoms with Crippen molar-refractivity contribution in [3.05, 3.63) is 102 Å². The van der Waals surface area contributed by atoms with Gasteiger partial charge < -0.3 is 25.2 Å². The number of unbranched alkanes of at least 4 members (excludes halogenated alkanes) is 2. The summed E-state index contributed by atoms with van der Waals surface area (Å²) in [6.45, 7) is 1.06. The Balaban J connectivity index is 1.32. The van der Waals surface area contributed by atoms with Crippen LogP contribution in [0.3, 0.4) is 0 Å². The lowest BCUT2D eigenvalue weighted by Gasteiger charge is -2.15. The summed E-state index contributed by atoms with van der Waals surface area (Å²) in [5.74, 6) is -0.768. The predicted octanol–water partition coefficient (Wildman–Crippen LogP) is 4.86. The second-order valence-corrected chi connectivity index (χ2v) is 8.88. The summed E-state index contributed by atoms with van der Waals surface area (Å²) in [5, 5.41) is 14.9. The van der Waals surface area contributed by atoms with Crippen LogP contribution in [0.4, 0.5) is 4.79 Å². The fourth-order valence-electron chi connectivity index (χ4n) is 3.76. The first kappa shape index (κ1) is 28.2. The minimum Gasteiger partial charge on any atom is -0.489 e. The molecule has 2 amide bonds. The molecule has 38 heavy (non-hydrogen) atoms. The quantitative estimate of drug-likeness (QED) is 0.248. The summed E-state index contributed by atoms with van der Waals surface area (Å²) in [5.41, 5.74) is 2.71. The molecule has 0 saturated carbocycles. The lowest BCUT2D eigenvalue weighted by molar-refractivity contribution is -0.141. The number of ether oxygens (including phenoxy) is 2. The maximum absolute atomic E-state index is 12.3. The third kappa shape index (κ3) is 10.7. The third-order valence-electron chi connectivity index (χ3n) is 5.78. The fraction of sp³-hybridized carbons (Fsp3) is 0.300. The molecule has 0 aliphatic rings. The molecule has 0 radical (unpaired) electrons. The summed E-state index contributed by atoms with van der Waals surface area (Å²) in [4.78, 5) is 35.9. The predicted molar refractivity (Wildman–Crippen MR) is 144 cm³/mol. The zero-order chi connectivity index (χ0) is 27.0. The van der Waals surface area contributed by atoms with E-state index in [-0.39, 0.29) is 25.4 Å². The Morgan fingerprint density at radius 3 is 2.11 bits per heavy atom. The molecule has 3 aromatic carbocycles. The van der Waals surface area contributed by atoms with E-state index >= 15 is 0 Å². The first-order valence-corrected chi connectivity index (χ1v) is 12.7. The largest absolute Gasteiger partial charge is 0.489 e. The van der Waals surface area contributed by atoms with Gasteiger partial charge in [-0.05, 0) is 41.7 Å².